The van der Waals surface area contributed by atoms with Crippen LogP contribution in [0, 0.1) is 0 Å². The van der Waals surface area contributed by atoms with E-state index in [9.17, 15) is 0 Å². The third kappa shape index (κ3) is 6.21. The van der Waals surface area contributed by atoms with E-state index in [-0.39, 0.29) is 0 Å². The van der Waals surface area contributed by atoms with Crippen LogP contribution >= 0.6 is 23.4 Å². The Balaban J connectivity index is 2.45. The molecule has 0 saturated heterocycles. The van der Waals surface area contributed by atoms with Crippen LogP contribution in [0.4, 0.5) is 0 Å². The average Bonchev–Trinajstić information content (AvgIpc) is 2.41. The van der Waals surface area contributed by atoms with E-state index in [1.54, 1.807) is 0 Å². The normalized spacial score (nSPS) is 11.5. The van der Waals surface area contributed by atoms with E-state index in [2.05, 4.69) is 21.5 Å². The van der Waals surface area contributed by atoms with Crippen molar-refractivity contribution < 1.29 is 0 Å². The van der Waals surface area contributed by atoms with Crippen LogP contribution in [0.1, 0.15) is 12.0 Å². The molecule has 19 heavy (non-hydrogen) atoms. The average molecular weight is 300 g/mol. The first-order valence-electron chi connectivity index (χ1n) is 6.32. The molecule has 5 heteroatoms. The highest BCUT2D eigenvalue weighted by Gasteiger charge is 2.05. The Hall–Kier alpha value is -0.870. The number of nitrogens with zero attached hydrogens (tertiary/aromatic N) is 2. The van der Waals surface area contributed by atoms with Gasteiger partial charge in [-0.15, -0.1) is 0 Å². The molecule has 1 rings (SSSR count). The van der Waals surface area contributed by atoms with Crippen LogP contribution < -0.4 is 5.32 Å². The summed E-state index contributed by atoms with van der Waals surface area (Å²) in [5.41, 5.74) is 1.22. The lowest BCUT2D eigenvalue weighted by Gasteiger charge is -2.22. The molecule has 0 bridgehead atoms. The zero-order valence-electron chi connectivity index (χ0n) is 11.8. The van der Waals surface area contributed by atoms with Crippen molar-refractivity contribution in [3.8, 4) is 0 Å². The predicted octanol–water partition coefficient (Wildman–Crippen LogP) is 3.10. The number of guanidine groups is 1. The first-order chi connectivity index (χ1) is 9.17. The molecule has 0 saturated carbocycles. The summed E-state index contributed by atoms with van der Waals surface area (Å²) in [5, 5.41) is 4.14. The van der Waals surface area contributed by atoms with Gasteiger partial charge in [-0.1, -0.05) is 23.7 Å². The molecular formula is C14H22ClN3S. The lowest BCUT2D eigenvalue weighted by molar-refractivity contribution is 0.477. The van der Waals surface area contributed by atoms with E-state index in [0.29, 0.717) is 0 Å². The number of hydrogen-bond donors (Lipinski definition) is 1. The van der Waals surface area contributed by atoms with Crippen LogP contribution in [0.2, 0.25) is 5.02 Å². The minimum Gasteiger partial charge on any atom is -0.356 e. The molecule has 0 radical (unpaired) electrons. The number of hydrogen-bond acceptors (Lipinski definition) is 2. The smallest absolute Gasteiger partial charge is 0.193 e. The zero-order valence-corrected chi connectivity index (χ0v) is 13.4. The third-order valence-electron chi connectivity index (χ3n) is 2.71. The molecule has 106 valence electrons. The van der Waals surface area contributed by atoms with Gasteiger partial charge in [-0.3, -0.25) is 4.99 Å². The molecule has 0 heterocycles. The highest BCUT2D eigenvalue weighted by atomic mass is 35.5. The van der Waals surface area contributed by atoms with Crippen molar-refractivity contribution in [2.24, 2.45) is 4.99 Å². The molecule has 0 amide bonds. The van der Waals surface area contributed by atoms with Gasteiger partial charge in [-0.2, -0.15) is 11.8 Å². The SMILES string of the molecule is CN=C(NCCCSC)N(C)Cc1ccc(Cl)cc1. The molecule has 0 unspecified atom stereocenters. The van der Waals surface area contributed by atoms with Gasteiger partial charge in [0.05, 0.1) is 0 Å². The van der Waals surface area contributed by atoms with E-state index in [1.165, 1.54) is 11.3 Å². The number of halogens is 1. The standard InChI is InChI=1S/C14H22ClN3S/c1-16-14(17-9-4-10-19-3)18(2)11-12-5-7-13(15)8-6-12/h5-8H,4,9-11H2,1-3H3,(H,16,17). The van der Waals surface area contributed by atoms with E-state index in [1.807, 2.05) is 50.1 Å². The summed E-state index contributed by atoms with van der Waals surface area (Å²) in [6, 6.07) is 7.92. The van der Waals surface area contributed by atoms with Crippen LogP contribution in [0.25, 0.3) is 0 Å². The van der Waals surface area contributed by atoms with Gasteiger partial charge >= 0.3 is 0 Å². The second-order valence-electron chi connectivity index (χ2n) is 4.30. The first-order valence-corrected chi connectivity index (χ1v) is 8.09. The monoisotopic (exact) mass is 299 g/mol. The molecule has 0 aliphatic heterocycles. The molecule has 0 spiro atoms. The van der Waals surface area contributed by atoms with Crippen molar-refractivity contribution in [3.05, 3.63) is 34.9 Å². The Labute approximate surface area is 125 Å². The molecule has 0 fully saturated rings. The van der Waals surface area contributed by atoms with E-state index in [4.69, 9.17) is 11.6 Å². The summed E-state index contributed by atoms with van der Waals surface area (Å²) >= 11 is 7.75. The molecule has 3 nitrogen and oxygen atoms in total. The fourth-order valence-corrected chi connectivity index (χ4v) is 2.30. The maximum Gasteiger partial charge on any atom is 0.193 e. The van der Waals surface area contributed by atoms with Crippen LogP contribution in [0.5, 0.6) is 0 Å². The Morgan fingerprint density at radius 2 is 2.05 bits per heavy atom. The molecule has 0 aromatic heterocycles. The van der Waals surface area contributed by atoms with Gasteiger partial charge < -0.3 is 10.2 Å². The number of thioether (sulfide) groups is 1. The van der Waals surface area contributed by atoms with E-state index >= 15 is 0 Å². The van der Waals surface area contributed by atoms with Gasteiger partial charge in [0, 0.05) is 32.2 Å². The Morgan fingerprint density at radius 3 is 2.63 bits per heavy atom. The van der Waals surface area contributed by atoms with Gasteiger partial charge in [0.15, 0.2) is 5.96 Å². The minimum atomic E-state index is 0.769. The largest absolute Gasteiger partial charge is 0.356 e. The Kier molecular flexibility index (Phi) is 7.75. The molecule has 0 atom stereocenters. The van der Waals surface area contributed by atoms with Crippen LogP contribution in [0.15, 0.2) is 29.3 Å². The second kappa shape index (κ2) is 9.10. The maximum atomic E-state index is 5.88. The minimum absolute atomic E-state index is 0.769. The van der Waals surface area contributed by atoms with Crippen molar-refractivity contribution in [1.29, 1.82) is 0 Å². The van der Waals surface area contributed by atoms with Gasteiger partial charge in [-0.05, 0) is 36.1 Å². The number of aliphatic imine (C=N–C) groups is 1. The summed E-state index contributed by atoms with van der Waals surface area (Å²) in [7, 11) is 3.85. The van der Waals surface area contributed by atoms with Gasteiger partial charge in [0.2, 0.25) is 0 Å². The van der Waals surface area contributed by atoms with Gasteiger partial charge in [-0.25, -0.2) is 0 Å². The maximum absolute atomic E-state index is 5.88. The Bertz CT molecular complexity index is 392. The van der Waals surface area contributed by atoms with Gasteiger partial charge in [0.1, 0.15) is 0 Å². The third-order valence-corrected chi connectivity index (χ3v) is 3.66. The highest BCUT2D eigenvalue weighted by Crippen LogP contribution is 2.10. The summed E-state index contributed by atoms with van der Waals surface area (Å²) in [4.78, 5) is 6.41. The topological polar surface area (TPSA) is 27.6 Å². The highest BCUT2D eigenvalue weighted by molar-refractivity contribution is 7.98. The second-order valence-corrected chi connectivity index (χ2v) is 5.72. The lowest BCUT2D eigenvalue weighted by atomic mass is 10.2. The van der Waals surface area contributed by atoms with Crippen molar-refractivity contribution in [3.63, 3.8) is 0 Å². The number of benzene rings is 1. The first kappa shape index (κ1) is 16.2. The van der Waals surface area contributed by atoms with Crippen LogP contribution in [-0.4, -0.2) is 43.5 Å². The molecule has 1 aromatic rings. The fourth-order valence-electron chi connectivity index (χ4n) is 1.74. The zero-order chi connectivity index (χ0) is 14.1. The quantitative estimate of drug-likeness (QED) is 0.497. The predicted molar refractivity (Wildman–Crippen MR) is 87.3 cm³/mol. The summed E-state index contributed by atoms with van der Waals surface area (Å²) in [5.74, 6) is 2.10. The van der Waals surface area contributed by atoms with Crippen molar-refractivity contribution in [2.75, 3.05) is 32.6 Å². The van der Waals surface area contributed by atoms with Crippen LogP contribution in [0.3, 0.4) is 0 Å². The molecule has 1 N–H and O–H groups in total. The summed E-state index contributed by atoms with van der Waals surface area (Å²) in [6.45, 7) is 1.78. The van der Waals surface area contributed by atoms with Crippen molar-refractivity contribution in [2.45, 2.75) is 13.0 Å². The van der Waals surface area contributed by atoms with Crippen LogP contribution in [-0.2, 0) is 6.54 Å². The molecule has 0 aliphatic carbocycles. The van der Waals surface area contributed by atoms with E-state index in [0.717, 1.165) is 30.5 Å². The van der Waals surface area contributed by atoms with Crippen molar-refractivity contribution in [1.82, 2.24) is 10.2 Å². The summed E-state index contributed by atoms with van der Waals surface area (Å²) in [6.07, 6.45) is 3.27. The fraction of sp³-hybridized carbons (Fsp3) is 0.500. The molecule has 1 aromatic carbocycles. The summed E-state index contributed by atoms with van der Waals surface area (Å²) < 4.78 is 0. The van der Waals surface area contributed by atoms with E-state index < -0.39 is 0 Å². The molecule has 0 aliphatic rings. The lowest BCUT2D eigenvalue weighted by Crippen LogP contribution is -2.39. The number of rotatable bonds is 6. The van der Waals surface area contributed by atoms with Crippen molar-refractivity contribution >= 4 is 29.3 Å². The van der Waals surface area contributed by atoms with Gasteiger partial charge in [0.25, 0.3) is 0 Å². The Morgan fingerprint density at radius 1 is 1.37 bits per heavy atom. The molecular weight excluding hydrogens is 278 g/mol. The number of nitrogens with one attached hydrogen (secondary N) is 1.